The summed E-state index contributed by atoms with van der Waals surface area (Å²) in [5.74, 6) is 0. The van der Waals surface area contributed by atoms with Crippen molar-refractivity contribution in [1.29, 1.82) is 0 Å². The molecule has 1 aromatic carbocycles. The number of ether oxygens (including phenoxy) is 1. The van der Waals surface area contributed by atoms with Crippen LogP contribution in [0.15, 0.2) is 12.1 Å². The predicted molar refractivity (Wildman–Crippen MR) is 85.8 cm³/mol. The van der Waals surface area contributed by atoms with Crippen LogP contribution in [0.4, 0.5) is 16.2 Å². The van der Waals surface area contributed by atoms with Gasteiger partial charge in [-0.05, 0) is 20.8 Å². The van der Waals surface area contributed by atoms with Gasteiger partial charge in [0.2, 0.25) is 0 Å². The van der Waals surface area contributed by atoms with E-state index in [2.05, 4.69) is 10.6 Å². The molecular formula is C13H17Cl2N3O4. The van der Waals surface area contributed by atoms with Gasteiger partial charge in [-0.1, -0.05) is 23.2 Å². The summed E-state index contributed by atoms with van der Waals surface area (Å²) >= 11 is 11.9. The number of nitro benzene ring substituents is 1. The molecule has 0 saturated heterocycles. The molecule has 0 atom stereocenters. The third-order valence-electron chi connectivity index (χ3n) is 2.33. The van der Waals surface area contributed by atoms with Crippen molar-refractivity contribution in [2.75, 3.05) is 18.4 Å². The largest absolute Gasteiger partial charge is 0.444 e. The second-order valence-corrected chi connectivity index (χ2v) is 6.21. The Morgan fingerprint density at radius 2 is 1.82 bits per heavy atom. The molecule has 1 amide bonds. The quantitative estimate of drug-likeness (QED) is 0.478. The van der Waals surface area contributed by atoms with Crippen LogP contribution in [0.3, 0.4) is 0 Å². The minimum absolute atomic E-state index is 0.136. The molecular weight excluding hydrogens is 333 g/mol. The Morgan fingerprint density at radius 1 is 1.27 bits per heavy atom. The highest BCUT2D eigenvalue weighted by atomic mass is 35.5. The topological polar surface area (TPSA) is 93.5 Å². The van der Waals surface area contributed by atoms with E-state index in [9.17, 15) is 14.9 Å². The van der Waals surface area contributed by atoms with Crippen LogP contribution in [0.25, 0.3) is 0 Å². The van der Waals surface area contributed by atoms with Gasteiger partial charge in [-0.15, -0.1) is 0 Å². The average Bonchev–Trinajstić information content (AvgIpc) is 2.34. The fourth-order valence-corrected chi connectivity index (χ4v) is 2.11. The SMILES string of the molecule is CC(C)(C)OC(=O)NCCNc1c(Cl)cc([N+](=O)[O-])cc1Cl. The van der Waals surface area contributed by atoms with Crippen LogP contribution < -0.4 is 10.6 Å². The fraction of sp³-hybridized carbons (Fsp3) is 0.462. The molecule has 0 aromatic heterocycles. The number of hydrogen-bond donors (Lipinski definition) is 2. The summed E-state index contributed by atoms with van der Waals surface area (Å²) in [7, 11) is 0. The number of rotatable bonds is 5. The van der Waals surface area contributed by atoms with Gasteiger partial charge >= 0.3 is 6.09 Å². The van der Waals surface area contributed by atoms with Crippen molar-refractivity contribution in [1.82, 2.24) is 5.32 Å². The van der Waals surface area contributed by atoms with Crippen molar-refractivity contribution < 1.29 is 14.5 Å². The Bertz CT molecular complexity index is 550. The minimum Gasteiger partial charge on any atom is -0.444 e. The van der Waals surface area contributed by atoms with Crippen LogP contribution in [-0.2, 0) is 4.74 Å². The zero-order chi connectivity index (χ0) is 16.9. The van der Waals surface area contributed by atoms with Crippen LogP contribution >= 0.6 is 23.2 Å². The number of hydrogen-bond acceptors (Lipinski definition) is 5. The van der Waals surface area contributed by atoms with E-state index < -0.39 is 16.6 Å². The summed E-state index contributed by atoms with van der Waals surface area (Å²) in [6.07, 6.45) is -0.532. The number of halogens is 2. The fourth-order valence-electron chi connectivity index (χ4n) is 1.50. The molecule has 0 unspecified atom stereocenters. The van der Waals surface area contributed by atoms with Crippen LogP contribution in [0.1, 0.15) is 20.8 Å². The van der Waals surface area contributed by atoms with Gasteiger partial charge in [0.1, 0.15) is 5.60 Å². The number of non-ortho nitro benzene ring substituents is 1. The normalized spacial score (nSPS) is 11.0. The Kier molecular flexibility index (Phi) is 6.25. The first-order valence-electron chi connectivity index (χ1n) is 6.44. The van der Waals surface area contributed by atoms with Crippen molar-refractivity contribution in [2.24, 2.45) is 0 Å². The lowest BCUT2D eigenvalue weighted by Gasteiger charge is -2.19. The van der Waals surface area contributed by atoms with Gasteiger partial charge in [0.05, 0.1) is 20.7 Å². The van der Waals surface area contributed by atoms with Gasteiger partial charge in [0.25, 0.3) is 5.69 Å². The number of nitro groups is 1. The lowest BCUT2D eigenvalue weighted by atomic mass is 10.2. The molecule has 0 heterocycles. The van der Waals surface area contributed by atoms with E-state index in [-0.39, 0.29) is 22.3 Å². The molecule has 0 spiro atoms. The highest BCUT2D eigenvalue weighted by Crippen LogP contribution is 2.34. The molecule has 0 fully saturated rings. The first-order valence-corrected chi connectivity index (χ1v) is 7.20. The molecule has 122 valence electrons. The number of alkyl carbamates (subject to hydrolysis) is 1. The van der Waals surface area contributed by atoms with E-state index in [1.807, 2.05) is 0 Å². The third kappa shape index (κ3) is 5.95. The zero-order valence-corrected chi connectivity index (χ0v) is 13.9. The summed E-state index contributed by atoms with van der Waals surface area (Å²) in [5, 5.41) is 16.4. The van der Waals surface area contributed by atoms with Crippen molar-refractivity contribution in [3.63, 3.8) is 0 Å². The lowest BCUT2D eigenvalue weighted by molar-refractivity contribution is -0.384. The van der Waals surface area contributed by atoms with E-state index >= 15 is 0 Å². The standard InChI is InChI=1S/C13H17Cl2N3O4/c1-13(2,3)22-12(19)17-5-4-16-11-9(14)6-8(18(20)21)7-10(11)15/h6-7,16H,4-5H2,1-3H3,(H,17,19). The summed E-state index contributed by atoms with van der Waals surface area (Å²) in [5.41, 5.74) is -0.380. The number of benzene rings is 1. The van der Waals surface area contributed by atoms with Crippen LogP contribution in [0.5, 0.6) is 0 Å². The van der Waals surface area contributed by atoms with Gasteiger partial charge in [-0.3, -0.25) is 10.1 Å². The van der Waals surface area contributed by atoms with Crippen LogP contribution in [-0.4, -0.2) is 29.7 Å². The maximum atomic E-state index is 11.4. The molecule has 1 rings (SSSR count). The number of nitrogens with zero attached hydrogens (tertiary/aromatic N) is 1. The molecule has 0 bridgehead atoms. The monoisotopic (exact) mass is 349 g/mol. The van der Waals surface area contributed by atoms with Gasteiger partial charge in [0, 0.05) is 25.2 Å². The number of carbonyl (C=O) groups excluding carboxylic acids is 1. The highest BCUT2D eigenvalue weighted by molar-refractivity contribution is 6.39. The van der Waals surface area contributed by atoms with Crippen molar-refractivity contribution >= 4 is 40.7 Å². The number of amides is 1. The van der Waals surface area contributed by atoms with E-state index in [1.165, 1.54) is 12.1 Å². The van der Waals surface area contributed by atoms with Gasteiger partial charge in [-0.25, -0.2) is 4.79 Å². The first-order chi connectivity index (χ1) is 10.1. The Labute approximate surface area is 138 Å². The second kappa shape index (κ2) is 7.51. The molecule has 7 nitrogen and oxygen atoms in total. The smallest absolute Gasteiger partial charge is 0.407 e. The Morgan fingerprint density at radius 3 is 2.27 bits per heavy atom. The molecule has 0 aliphatic rings. The maximum Gasteiger partial charge on any atom is 0.407 e. The second-order valence-electron chi connectivity index (χ2n) is 5.40. The van der Waals surface area contributed by atoms with Crippen LogP contribution in [0.2, 0.25) is 10.0 Å². The lowest BCUT2D eigenvalue weighted by Crippen LogP contribution is -2.35. The summed E-state index contributed by atoms with van der Waals surface area (Å²) in [6.45, 7) is 5.90. The van der Waals surface area contributed by atoms with E-state index in [1.54, 1.807) is 20.8 Å². The average molecular weight is 350 g/mol. The molecule has 22 heavy (non-hydrogen) atoms. The van der Waals surface area contributed by atoms with Crippen molar-refractivity contribution in [3.8, 4) is 0 Å². The molecule has 0 aliphatic heterocycles. The van der Waals surface area contributed by atoms with Crippen molar-refractivity contribution in [3.05, 3.63) is 32.3 Å². The Hall–Kier alpha value is -1.73. The number of anilines is 1. The maximum absolute atomic E-state index is 11.4. The molecule has 1 aromatic rings. The van der Waals surface area contributed by atoms with Crippen molar-refractivity contribution in [2.45, 2.75) is 26.4 Å². The summed E-state index contributed by atoms with van der Waals surface area (Å²) in [4.78, 5) is 21.5. The third-order valence-corrected chi connectivity index (χ3v) is 2.93. The molecule has 0 saturated carbocycles. The van der Waals surface area contributed by atoms with Gasteiger partial charge in [0.15, 0.2) is 0 Å². The van der Waals surface area contributed by atoms with Crippen LogP contribution in [0, 0.1) is 10.1 Å². The minimum atomic E-state index is -0.578. The predicted octanol–water partition coefficient (Wildman–Crippen LogP) is 3.84. The molecule has 9 heteroatoms. The van der Waals surface area contributed by atoms with Gasteiger partial charge < -0.3 is 15.4 Å². The van der Waals surface area contributed by atoms with E-state index in [0.29, 0.717) is 12.2 Å². The van der Waals surface area contributed by atoms with Gasteiger partial charge in [-0.2, -0.15) is 0 Å². The highest BCUT2D eigenvalue weighted by Gasteiger charge is 2.16. The summed E-state index contributed by atoms with van der Waals surface area (Å²) in [6, 6.07) is 2.41. The molecule has 0 radical (unpaired) electrons. The molecule has 2 N–H and O–H groups in total. The zero-order valence-electron chi connectivity index (χ0n) is 12.4. The number of carbonyl (C=O) groups is 1. The Balaban J connectivity index is 2.52. The van der Waals surface area contributed by atoms with E-state index in [4.69, 9.17) is 27.9 Å². The summed E-state index contributed by atoms with van der Waals surface area (Å²) < 4.78 is 5.07. The number of nitrogens with one attached hydrogen (secondary N) is 2. The first kappa shape index (κ1) is 18.3. The molecule has 0 aliphatic carbocycles. The van der Waals surface area contributed by atoms with E-state index in [0.717, 1.165) is 0 Å².